The lowest BCUT2D eigenvalue weighted by Gasteiger charge is -2.23. The molecule has 5 nitrogen and oxygen atoms in total. The maximum absolute atomic E-state index is 12.4. The second kappa shape index (κ2) is 3.39. The van der Waals surface area contributed by atoms with Gasteiger partial charge >= 0.3 is 6.03 Å². The summed E-state index contributed by atoms with van der Waals surface area (Å²) in [6.45, 7) is 0. The quantitative estimate of drug-likeness (QED) is 0.496. The molecule has 1 heterocycles. The summed E-state index contributed by atoms with van der Waals surface area (Å²) in [6, 6.07) is 12.5. The van der Waals surface area contributed by atoms with Crippen LogP contribution in [0.5, 0.6) is 0 Å². The van der Waals surface area contributed by atoms with Gasteiger partial charge in [-0.2, -0.15) is 0 Å². The molecule has 20 heavy (non-hydrogen) atoms. The normalized spacial score (nSPS) is 22.4. The van der Waals surface area contributed by atoms with Crippen LogP contribution >= 0.6 is 0 Å². The molecule has 1 saturated heterocycles. The zero-order chi connectivity index (χ0) is 13.9. The lowest BCUT2D eigenvalue weighted by atomic mass is 9.87. The topological polar surface area (TPSA) is 84.2 Å². The van der Waals surface area contributed by atoms with Crippen LogP contribution < -0.4 is 16.4 Å². The molecular weight excluding hydrogens is 254 g/mol. The molecule has 3 amide bonds. The minimum atomic E-state index is -1.15. The summed E-state index contributed by atoms with van der Waals surface area (Å²) >= 11 is 0. The van der Waals surface area contributed by atoms with Gasteiger partial charge in [-0.05, 0) is 28.8 Å². The fourth-order valence-electron chi connectivity index (χ4n) is 3.13. The molecule has 1 unspecified atom stereocenters. The predicted octanol–water partition coefficient (Wildman–Crippen LogP) is 1.33. The van der Waals surface area contributed by atoms with Crippen LogP contribution in [-0.4, -0.2) is 11.9 Å². The molecular formula is C15H11N3O2. The maximum Gasteiger partial charge on any atom is 0.322 e. The van der Waals surface area contributed by atoms with Gasteiger partial charge in [0.05, 0.1) is 0 Å². The molecule has 2 aromatic carbocycles. The molecule has 1 aliphatic carbocycles. The highest BCUT2D eigenvalue weighted by Crippen LogP contribution is 2.49. The molecule has 98 valence electrons. The van der Waals surface area contributed by atoms with Crippen molar-refractivity contribution in [3.8, 4) is 11.1 Å². The van der Waals surface area contributed by atoms with E-state index in [4.69, 9.17) is 5.73 Å². The van der Waals surface area contributed by atoms with Crippen molar-refractivity contribution in [2.75, 3.05) is 5.73 Å². The van der Waals surface area contributed by atoms with Crippen molar-refractivity contribution in [1.82, 2.24) is 10.6 Å². The second-order valence-electron chi connectivity index (χ2n) is 5.01. The first-order chi connectivity index (χ1) is 9.63. The summed E-state index contributed by atoms with van der Waals surface area (Å²) in [6.07, 6.45) is 0. The molecule has 5 heteroatoms. The summed E-state index contributed by atoms with van der Waals surface area (Å²) in [7, 11) is 0. The van der Waals surface area contributed by atoms with Gasteiger partial charge in [0.2, 0.25) is 0 Å². The number of fused-ring (bicyclic) bond motifs is 5. The Labute approximate surface area is 114 Å². The lowest BCUT2D eigenvalue weighted by Crippen LogP contribution is -2.43. The maximum atomic E-state index is 12.4. The summed E-state index contributed by atoms with van der Waals surface area (Å²) < 4.78 is 0. The number of amides is 3. The number of hydrogen-bond acceptors (Lipinski definition) is 3. The minimum Gasteiger partial charge on any atom is -0.399 e. The molecule has 2 aliphatic rings. The number of carbonyl (C=O) groups excluding carboxylic acids is 2. The molecule has 0 aromatic heterocycles. The molecule has 2 aromatic rings. The number of rotatable bonds is 0. The Kier molecular flexibility index (Phi) is 1.87. The van der Waals surface area contributed by atoms with Crippen LogP contribution in [0.1, 0.15) is 11.1 Å². The first-order valence-electron chi connectivity index (χ1n) is 6.26. The van der Waals surface area contributed by atoms with Gasteiger partial charge < -0.3 is 11.1 Å². The Morgan fingerprint density at radius 3 is 2.45 bits per heavy atom. The number of carbonyl (C=O) groups is 2. The number of hydrogen-bond donors (Lipinski definition) is 3. The highest BCUT2D eigenvalue weighted by atomic mass is 16.2. The molecule has 0 radical (unpaired) electrons. The summed E-state index contributed by atoms with van der Waals surface area (Å²) in [4.78, 5) is 24.1. The van der Waals surface area contributed by atoms with Crippen LogP contribution in [0, 0.1) is 0 Å². The third kappa shape index (κ3) is 1.12. The van der Waals surface area contributed by atoms with E-state index in [1.165, 1.54) is 0 Å². The molecule has 1 spiro atoms. The predicted molar refractivity (Wildman–Crippen MR) is 73.7 cm³/mol. The van der Waals surface area contributed by atoms with Gasteiger partial charge in [-0.3, -0.25) is 10.1 Å². The molecule has 0 bridgehead atoms. The van der Waals surface area contributed by atoms with E-state index in [1.807, 2.05) is 30.3 Å². The van der Waals surface area contributed by atoms with E-state index in [1.54, 1.807) is 12.1 Å². The standard InChI is InChI=1S/C15H11N3O2/c16-8-5-6-10-9-3-1-2-4-11(9)15(12(10)7-8)13(19)17-14(20)18-15/h1-7H,16H2,(H2,17,18,19,20). The molecule has 1 atom stereocenters. The van der Waals surface area contributed by atoms with Crippen molar-refractivity contribution >= 4 is 17.6 Å². The second-order valence-corrected chi connectivity index (χ2v) is 5.01. The average molecular weight is 265 g/mol. The summed E-state index contributed by atoms with van der Waals surface area (Å²) in [5, 5.41) is 5.08. The van der Waals surface area contributed by atoms with E-state index in [-0.39, 0.29) is 5.91 Å². The van der Waals surface area contributed by atoms with Gasteiger partial charge in [-0.1, -0.05) is 30.3 Å². The van der Waals surface area contributed by atoms with Crippen molar-refractivity contribution in [1.29, 1.82) is 0 Å². The summed E-state index contributed by atoms with van der Waals surface area (Å²) in [5.41, 5.74) is 8.63. The highest BCUT2D eigenvalue weighted by molar-refractivity contribution is 6.13. The third-order valence-corrected chi connectivity index (χ3v) is 3.94. The first-order valence-corrected chi connectivity index (χ1v) is 6.26. The Balaban J connectivity index is 2.12. The molecule has 1 fully saturated rings. The number of nitrogens with two attached hydrogens (primary N) is 1. The Hall–Kier alpha value is -2.82. The fourth-order valence-corrected chi connectivity index (χ4v) is 3.13. The molecule has 0 saturated carbocycles. The highest BCUT2D eigenvalue weighted by Gasteiger charge is 2.54. The van der Waals surface area contributed by atoms with E-state index in [9.17, 15) is 9.59 Å². The van der Waals surface area contributed by atoms with Crippen LogP contribution in [0.15, 0.2) is 42.5 Å². The van der Waals surface area contributed by atoms with Crippen molar-refractivity contribution in [2.45, 2.75) is 5.54 Å². The number of benzene rings is 2. The Morgan fingerprint density at radius 2 is 1.70 bits per heavy atom. The van der Waals surface area contributed by atoms with Crippen molar-refractivity contribution in [2.24, 2.45) is 0 Å². The van der Waals surface area contributed by atoms with E-state index < -0.39 is 11.6 Å². The zero-order valence-corrected chi connectivity index (χ0v) is 10.4. The van der Waals surface area contributed by atoms with Crippen LogP contribution in [0.2, 0.25) is 0 Å². The number of nitrogen functional groups attached to an aromatic ring is 1. The molecule has 4 N–H and O–H groups in total. The first kappa shape index (κ1) is 11.0. The zero-order valence-electron chi connectivity index (χ0n) is 10.4. The van der Waals surface area contributed by atoms with Gasteiger partial charge in [0.1, 0.15) is 0 Å². The molecule has 1 aliphatic heterocycles. The molecule has 4 rings (SSSR count). The van der Waals surface area contributed by atoms with Crippen molar-refractivity contribution in [3.63, 3.8) is 0 Å². The van der Waals surface area contributed by atoms with Crippen LogP contribution in [0.3, 0.4) is 0 Å². The lowest BCUT2D eigenvalue weighted by molar-refractivity contribution is -0.122. The van der Waals surface area contributed by atoms with Gasteiger partial charge in [0.15, 0.2) is 5.54 Å². The van der Waals surface area contributed by atoms with E-state index in [2.05, 4.69) is 10.6 Å². The monoisotopic (exact) mass is 265 g/mol. The van der Waals surface area contributed by atoms with Crippen molar-refractivity contribution < 1.29 is 9.59 Å². The van der Waals surface area contributed by atoms with E-state index >= 15 is 0 Å². The number of imide groups is 1. The van der Waals surface area contributed by atoms with Gasteiger partial charge in [-0.15, -0.1) is 0 Å². The Bertz CT molecular complexity index is 784. The number of urea groups is 1. The van der Waals surface area contributed by atoms with E-state index in [0.29, 0.717) is 5.69 Å². The van der Waals surface area contributed by atoms with E-state index in [0.717, 1.165) is 22.3 Å². The smallest absolute Gasteiger partial charge is 0.322 e. The van der Waals surface area contributed by atoms with Gasteiger partial charge in [0, 0.05) is 11.3 Å². The minimum absolute atomic E-state index is 0.362. The fraction of sp³-hybridized carbons (Fsp3) is 0.0667. The van der Waals surface area contributed by atoms with Crippen LogP contribution in [-0.2, 0) is 10.3 Å². The Morgan fingerprint density at radius 1 is 0.950 bits per heavy atom. The largest absolute Gasteiger partial charge is 0.399 e. The summed E-state index contributed by atoms with van der Waals surface area (Å²) in [5.74, 6) is -0.362. The number of nitrogens with one attached hydrogen (secondary N) is 2. The van der Waals surface area contributed by atoms with Crippen LogP contribution in [0.25, 0.3) is 11.1 Å². The van der Waals surface area contributed by atoms with Crippen molar-refractivity contribution in [3.05, 3.63) is 53.6 Å². The van der Waals surface area contributed by atoms with Gasteiger partial charge in [0.25, 0.3) is 5.91 Å². The SMILES string of the molecule is Nc1ccc2c(c1)C1(NC(=O)NC1=O)c1ccccc1-2. The third-order valence-electron chi connectivity index (χ3n) is 3.94. The average Bonchev–Trinajstić information content (AvgIpc) is 2.88. The van der Waals surface area contributed by atoms with Gasteiger partial charge in [-0.25, -0.2) is 4.79 Å². The number of anilines is 1. The van der Waals surface area contributed by atoms with Crippen LogP contribution in [0.4, 0.5) is 10.5 Å².